The van der Waals surface area contributed by atoms with Crippen molar-refractivity contribution in [3.05, 3.63) is 65.5 Å². The second kappa shape index (κ2) is 9.51. The van der Waals surface area contributed by atoms with Gasteiger partial charge in [0.2, 0.25) is 0 Å². The molecule has 9 heteroatoms. The van der Waals surface area contributed by atoms with Crippen molar-refractivity contribution in [3.63, 3.8) is 0 Å². The first-order valence-corrected chi connectivity index (χ1v) is 8.82. The third-order valence-electron chi connectivity index (χ3n) is 4.18. The molecule has 2 N–H and O–H groups in total. The van der Waals surface area contributed by atoms with Crippen LogP contribution in [0.25, 0.3) is 0 Å². The largest absolute Gasteiger partial charge is 0.418 e. The topological polar surface area (TPSA) is 53.9 Å². The molecule has 0 spiro atoms. The van der Waals surface area contributed by atoms with Gasteiger partial charge in [0.25, 0.3) is 11.8 Å². The SMILES string of the molecule is CN(Cc1ccc(F)cc1)C(=O)C[NH+](C)CC(=O)Nc1ccccc1C(F)(F)F. The van der Waals surface area contributed by atoms with E-state index in [1.165, 1.54) is 35.2 Å². The summed E-state index contributed by atoms with van der Waals surface area (Å²) in [6.07, 6.45) is -4.58. The van der Waals surface area contributed by atoms with Crippen molar-refractivity contribution in [2.45, 2.75) is 12.7 Å². The Morgan fingerprint density at radius 1 is 1.03 bits per heavy atom. The molecule has 0 saturated carbocycles. The van der Waals surface area contributed by atoms with E-state index in [0.717, 1.165) is 11.6 Å². The monoisotopic (exact) mass is 412 g/mol. The van der Waals surface area contributed by atoms with Crippen LogP contribution in [0.1, 0.15) is 11.1 Å². The summed E-state index contributed by atoms with van der Waals surface area (Å²) >= 11 is 0. The van der Waals surface area contributed by atoms with E-state index in [0.29, 0.717) is 4.90 Å². The molecule has 2 aromatic carbocycles. The molecular weight excluding hydrogens is 390 g/mol. The van der Waals surface area contributed by atoms with Gasteiger partial charge in [-0.15, -0.1) is 0 Å². The highest BCUT2D eigenvalue weighted by molar-refractivity contribution is 5.92. The number of alkyl halides is 3. The van der Waals surface area contributed by atoms with Gasteiger partial charge in [-0.3, -0.25) is 9.59 Å². The van der Waals surface area contributed by atoms with Gasteiger partial charge < -0.3 is 15.1 Å². The van der Waals surface area contributed by atoms with Crippen LogP contribution in [-0.2, 0) is 22.3 Å². The summed E-state index contributed by atoms with van der Waals surface area (Å²) in [6.45, 7) is 0.0753. The Labute approximate surface area is 165 Å². The van der Waals surface area contributed by atoms with E-state index < -0.39 is 17.6 Å². The van der Waals surface area contributed by atoms with E-state index >= 15 is 0 Å². The van der Waals surface area contributed by atoms with Gasteiger partial charge in [0.1, 0.15) is 5.82 Å². The number of nitrogens with zero attached hydrogens (tertiary/aromatic N) is 1. The first-order valence-electron chi connectivity index (χ1n) is 8.82. The average molecular weight is 412 g/mol. The van der Waals surface area contributed by atoms with Crippen LogP contribution < -0.4 is 10.2 Å². The molecule has 0 saturated heterocycles. The van der Waals surface area contributed by atoms with Gasteiger partial charge in [-0.25, -0.2) is 4.39 Å². The molecule has 2 rings (SSSR count). The summed E-state index contributed by atoms with van der Waals surface area (Å²) in [6, 6.07) is 10.4. The first-order chi connectivity index (χ1) is 13.6. The maximum absolute atomic E-state index is 13.0. The van der Waals surface area contributed by atoms with Crippen LogP contribution in [0.15, 0.2) is 48.5 Å². The lowest BCUT2D eigenvalue weighted by molar-refractivity contribution is -0.862. The van der Waals surface area contributed by atoms with Crippen LogP contribution in [0, 0.1) is 5.82 Å². The third kappa shape index (κ3) is 6.86. The second-order valence-corrected chi connectivity index (χ2v) is 6.78. The number of rotatable bonds is 7. The lowest BCUT2D eigenvalue weighted by Crippen LogP contribution is -3.11. The Morgan fingerprint density at radius 3 is 2.28 bits per heavy atom. The molecule has 156 valence electrons. The van der Waals surface area contributed by atoms with Crippen LogP contribution in [0.5, 0.6) is 0 Å². The highest BCUT2D eigenvalue weighted by atomic mass is 19.4. The minimum absolute atomic E-state index is 0.0218. The van der Waals surface area contributed by atoms with Gasteiger partial charge in [0.05, 0.1) is 18.3 Å². The molecule has 29 heavy (non-hydrogen) atoms. The fourth-order valence-electron chi connectivity index (χ4n) is 2.72. The van der Waals surface area contributed by atoms with Gasteiger partial charge in [-0.1, -0.05) is 24.3 Å². The van der Waals surface area contributed by atoms with Gasteiger partial charge in [-0.05, 0) is 29.8 Å². The summed E-state index contributed by atoms with van der Waals surface area (Å²) in [5.41, 5.74) is -0.500. The molecule has 5 nitrogen and oxygen atoms in total. The fourth-order valence-corrected chi connectivity index (χ4v) is 2.72. The fraction of sp³-hybridized carbons (Fsp3) is 0.300. The Hall–Kier alpha value is -2.94. The molecule has 2 aromatic rings. The van der Waals surface area contributed by atoms with E-state index in [-0.39, 0.29) is 37.0 Å². The van der Waals surface area contributed by atoms with Gasteiger partial charge in [0, 0.05) is 13.6 Å². The minimum Gasteiger partial charge on any atom is -0.337 e. The number of halogens is 4. The number of amides is 2. The number of anilines is 1. The van der Waals surface area contributed by atoms with Crippen molar-refractivity contribution in [2.75, 3.05) is 32.5 Å². The van der Waals surface area contributed by atoms with Crippen molar-refractivity contribution >= 4 is 17.5 Å². The Morgan fingerprint density at radius 2 is 1.66 bits per heavy atom. The molecule has 0 heterocycles. The summed E-state index contributed by atoms with van der Waals surface area (Å²) < 4.78 is 51.9. The van der Waals surface area contributed by atoms with E-state index in [1.807, 2.05) is 0 Å². The van der Waals surface area contributed by atoms with Crippen LogP contribution in [-0.4, -0.2) is 43.9 Å². The zero-order valence-electron chi connectivity index (χ0n) is 16.0. The summed E-state index contributed by atoms with van der Waals surface area (Å²) in [7, 11) is 3.18. The number of para-hydroxylation sites is 1. The maximum atomic E-state index is 13.0. The molecular formula is C20H22F4N3O2+. The molecule has 2 amide bonds. The number of hydrogen-bond acceptors (Lipinski definition) is 2. The highest BCUT2D eigenvalue weighted by Gasteiger charge is 2.33. The van der Waals surface area contributed by atoms with Crippen molar-refractivity contribution in [2.24, 2.45) is 0 Å². The number of carbonyl (C=O) groups is 2. The van der Waals surface area contributed by atoms with Gasteiger partial charge in [-0.2, -0.15) is 13.2 Å². The standard InChI is InChI=1S/C20H21F4N3O2/c1-26(13-19(29)27(2)11-14-7-9-15(21)10-8-14)12-18(28)25-17-6-4-3-5-16(17)20(22,23)24/h3-10H,11-13H2,1-2H3,(H,25,28)/p+1. The maximum Gasteiger partial charge on any atom is 0.418 e. The molecule has 1 atom stereocenters. The lowest BCUT2D eigenvalue weighted by Gasteiger charge is -2.20. The highest BCUT2D eigenvalue weighted by Crippen LogP contribution is 2.34. The molecule has 0 aliphatic carbocycles. The van der Waals surface area contributed by atoms with Crippen molar-refractivity contribution in [3.8, 4) is 0 Å². The summed E-state index contributed by atoms with van der Waals surface area (Å²) in [5.74, 6) is -1.26. The normalized spacial score (nSPS) is 12.3. The van der Waals surface area contributed by atoms with Crippen LogP contribution >= 0.6 is 0 Å². The lowest BCUT2D eigenvalue weighted by atomic mass is 10.1. The molecule has 0 fully saturated rings. The minimum atomic E-state index is -4.58. The quantitative estimate of drug-likeness (QED) is 0.684. The van der Waals surface area contributed by atoms with Gasteiger partial charge >= 0.3 is 6.18 Å². The number of quaternary nitrogens is 1. The van der Waals surface area contributed by atoms with E-state index in [4.69, 9.17) is 0 Å². The van der Waals surface area contributed by atoms with Crippen LogP contribution in [0.3, 0.4) is 0 Å². The molecule has 0 aliphatic heterocycles. The zero-order valence-corrected chi connectivity index (χ0v) is 16.0. The van der Waals surface area contributed by atoms with Gasteiger partial charge in [0.15, 0.2) is 13.1 Å². The number of carbonyl (C=O) groups excluding carboxylic acids is 2. The van der Waals surface area contributed by atoms with Crippen molar-refractivity contribution in [1.82, 2.24) is 4.90 Å². The molecule has 0 bridgehead atoms. The number of likely N-dealkylation sites (N-methyl/N-ethyl adjacent to an activating group) is 2. The Kier molecular flexibility index (Phi) is 7.33. The van der Waals surface area contributed by atoms with Crippen molar-refractivity contribution < 1.29 is 32.1 Å². The zero-order chi connectivity index (χ0) is 21.6. The Balaban J connectivity index is 1.88. The summed E-state index contributed by atoms with van der Waals surface area (Å²) in [5, 5.41) is 2.26. The average Bonchev–Trinajstić information content (AvgIpc) is 2.62. The van der Waals surface area contributed by atoms with Crippen molar-refractivity contribution in [1.29, 1.82) is 0 Å². The third-order valence-corrected chi connectivity index (χ3v) is 4.18. The van der Waals surface area contributed by atoms with E-state index in [2.05, 4.69) is 5.32 Å². The molecule has 0 radical (unpaired) electrons. The Bertz CT molecular complexity index is 854. The molecule has 1 unspecified atom stereocenters. The predicted octanol–water partition coefficient (Wildman–Crippen LogP) is 1.96. The predicted molar refractivity (Wildman–Crippen MR) is 99.6 cm³/mol. The van der Waals surface area contributed by atoms with Crippen LogP contribution in [0.4, 0.5) is 23.2 Å². The van der Waals surface area contributed by atoms with Crippen LogP contribution in [0.2, 0.25) is 0 Å². The molecule has 0 aromatic heterocycles. The number of benzene rings is 2. The smallest absolute Gasteiger partial charge is 0.337 e. The van der Waals surface area contributed by atoms with E-state index in [1.54, 1.807) is 26.2 Å². The first kappa shape index (κ1) is 22.4. The number of nitrogens with one attached hydrogen (secondary N) is 2. The van der Waals surface area contributed by atoms with E-state index in [9.17, 15) is 27.2 Å². The summed E-state index contributed by atoms with van der Waals surface area (Å²) in [4.78, 5) is 26.4. The number of hydrogen-bond donors (Lipinski definition) is 2. The molecule has 0 aliphatic rings. The second-order valence-electron chi connectivity index (χ2n) is 6.78.